The second kappa shape index (κ2) is 5.34. The van der Waals surface area contributed by atoms with Gasteiger partial charge in [0, 0.05) is 12.0 Å². The highest BCUT2D eigenvalue weighted by molar-refractivity contribution is 9.10. The van der Waals surface area contributed by atoms with Crippen LogP contribution in [0.1, 0.15) is 12.7 Å². The van der Waals surface area contributed by atoms with Crippen LogP contribution in [0.5, 0.6) is 0 Å². The zero-order valence-corrected chi connectivity index (χ0v) is 12.1. The maximum absolute atomic E-state index is 6.17. The van der Waals surface area contributed by atoms with E-state index >= 15 is 0 Å². The van der Waals surface area contributed by atoms with Gasteiger partial charge in [-0.15, -0.1) is 0 Å². The summed E-state index contributed by atoms with van der Waals surface area (Å²) in [5, 5.41) is 1.04. The van der Waals surface area contributed by atoms with E-state index in [-0.39, 0.29) is 0 Å². The molecule has 0 unspecified atom stereocenters. The van der Waals surface area contributed by atoms with E-state index in [0.717, 1.165) is 28.1 Å². The fourth-order valence-corrected chi connectivity index (χ4v) is 2.28. The molecule has 0 aliphatic carbocycles. The zero-order valence-electron chi connectivity index (χ0n) is 9.04. The highest BCUT2D eigenvalue weighted by Gasteiger charge is 2.10. The molecule has 1 aromatic carbocycles. The van der Waals surface area contributed by atoms with E-state index in [1.165, 1.54) is 0 Å². The van der Waals surface area contributed by atoms with Gasteiger partial charge in [0.2, 0.25) is 0 Å². The van der Waals surface area contributed by atoms with Crippen LogP contribution in [-0.4, -0.2) is 9.97 Å². The summed E-state index contributed by atoms with van der Waals surface area (Å²) in [5.41, 5.74) is 1.59. The normalized spacial score (nSPS) is 10.6. The quantitative estimate of drug-likeness (QED) is 0.740. The molecule has 0 saturated carbocycles. The number of rotatable bonds is 2. The minimum atomic E-state index is 0.516. The standard InChI is InChI=1S/C12H9BrCl2N2/c1-2-11-16-9(6-10(13)17-11)7-4-3-5-8(14)12(7)15/h3-6H,2H2,1H3. The summed E-state index contributed by atoms with van der Waals surface area (Å²) in [6, 6.07) is 7.33. The predicted octanol–water partition coefficient (Wildman–Crippen LogP) is 4.78. The van der Waals surface area contributed by atoms with Crippen molar-refractivity contribution in [1.29, 1.82) is 0 Å². The topological polar surface area (TPSA) is 25.8 Å². The molecule has 2 nitrogen and oxygen atoms in total. The number of benzene rings is 1. The molecular formula is C12H9BrCl2N2. The molecule has 88 valence electrons. The molecular weight excluding hydrogens is 323 g/mol. The van der Waals surface area contributed by atoms with Crippen LogP contribution >= 0.6 is 39.1 Å². The third-order valence-electron chi connectivity index (χ3n) is 2.28. The Morgan fingerprint density at radius 2 is 2.00 bits per heavy atom. The van der Waals surface area contributed by atoms with E-state index in [9.17, 15) is 0 Å². The summed E-state index contributed by atoms with van der Waals surface area (Å²) in [7, 11) is 0. The van der Waals surface area contributed by atoms with Crippen molar-refractivity contribution in [2.75, 3.05) is 0 Å². The third-order valence-corrected chi connectivity index (χ3v) is 3.51. The highest BCUT2D eigenvalue weighted by atomic mass is 79.9. The molecule has 0 aliphatic heterocycles. The Morgan fingerprint density at radius 1 is 1.24 bits per heavy atom. The van der Waals surface area contributed by atoms with E-state index in [4.69, 9.17) is 23.2 Å². The van der Waals surface area contributed by atoms with Crippen molar-refractivity contribution >= 4 is 39.1 Å². The van der Waals surface area contributed by atoms with Crippen molar-refractivity contribution in [2.45, 2.75) is 13.3 Å². The molecule has 0 saturated heterocycles. The number of hydrogen-bond acceptors (Lipinski definition) is 2. The van der Waals surface area contributed by atoms with Crippen molar-refractivity contribution in [2.24, 2.45) is 0 Å². The molecule has 1 heterocycles. The molecule has 0 radical (unpaired) electrons. The summed E-state index contributed by atoms with van der Waals surface area (Å²) in [6.07, 6.45) is 0.768. The van der Waals surface area contributed by atoms with Gasteiger partial charge in [0.15, 0.2) is 0 Å². The Hall–Kier alpha value is -0.640. The van der Waals surface area contributed by atoms with Crippen LogP contribution in [0.3, 0.4) is 0 Å². The summed E-state index contributed by atoms with van der Waals surface area (Å²) in [5.74, 6) is 0.769. The largest absolute Gasteiger partial charge is 0.233 e. The van der Waals surface area contributed by atoms with Crippen molar-refractivity contribution in [3.05, 3.63) is 44.7 Å². The lowest BCUT2D eigenvalue weighted by Gasteiger charge is -2.07. The van der Waals surface area contributed by atoms with E-state index in [1.807, 2.05) is 25.1 Å². The fraction of sp³-hybridized carbons (Fsp3) is 0.167. The Balaban J connectivity index is 2.60. The summed E-state index contributed by atoms with van der Waals surface area (Å²) >= 11 is 15.5. The summed E-state index contributed by atoms with van der Waals surface area (Å²) in [6.45, 7) is 2.01. The molecule has 0 aliphatic rings. The van der Waals surface area contributed by atoms with Gasteiger partial charge in [-0.05, 0) is 28.1 Å². The Kier molecular flexibility index (Phi) is 4.02. The van der Waals surface area contributed by atoms with Crippen LogP contribution < -0.4 is 0 Å². The number of nitrogens with zero attached hydrogens (tertiary/aromatic N) is 2. The van der Waals surface area contributed by atoms with Gasteiger partial charge in [0.05, 0.1) is 15.7 Å². The average molecular weight is 332 g/mol. The van der Waals surface area contributed by atoms with Crippen LogP contribution in [0.25, 0.3) is 11.3 Å². The molecule has 0 amide bonds. The number of aryl methyl sites for hydroxylation is 1. The highest BCUT2D eigenvalue weighted by Crippen LogP contribution is 2.33. The first-order chi connectivity index (χ1) is 8.11. The first-order valence-electron chi connectivity index (χ1n) is 5.09. The number of halogens is 3. The van der Waals surface area contributed by atoms with Crippen molar-refractivity contribution in [3.8, 4) is 11.3 Å². The molecule has 0 bridgehead atoms. The molecule has 0 N–H and O–H groups in total. The Morgan fingerprint density at radius 3 is 2.71 bits per heavy atom. The van der Waals surface area contributed by atoms with Gasteiger partial charge in [-0.1, -0.05) is 42.3 Å². The zero-order chi connectivity index (χ0) is 12.4. The molecule has 0 fully saturated rings. The van der Waals surface area contributed by atoms with Crippen LogP contribution in [0.15, 0.2) is 28.9 Å². The minimum absolute atomic E-state index is 0.516. The van der Waals surface area contributed by atoms with Gasteiger partial charge in [0.1, 0.15) is 10.4 Å². The molecule has 17 heavy (non-hydrogen) atoms. The lowest BCUT2D eigenvalue weighted by molar-refractivity contribution is 0.932. The number of aromatic nitrogens is 2. The van der Waals surface area contributed by atoms with E-state index < -0.39 is 0 Å². The van der Waals surface area contributed by atoms with Gasteiger partial charge in [-0.2, -0.15) is 0 Å². The SMILES string of the molecule is CCc1nc(Br)cc(-c2cccc(Cl)c2Cl)n1. The van der Waals surface area contributed by atoms with Gasteiger partial charge in [-0.3, -0.25) is 0 Å². The van der Waals surface area contributed by atoms with E-state index in [1.54, 1.807) is 6.07 Å². The fourth-order valence-electron chi connectivity index (χ4n) is 1.46. The van der Waals surface area contributed by atoms with Crippen molar-refractivity contribution in [3.63, 3.8) is 0 Å². The summed E-state index contributed by atoms with van der Waals surface area (Å²) in [4.78, 5) is 8.70. The van der Waals surface area contributed by atoms with E-state index in [2.05, 4.69) is 25.9 Å². The first-order valence-corrected chi connectivity index (χ1v) is 6.64. The third kappa shape index (κ3) is 2.79. The summed E-state index contributed by atoms with van der Waals surface area (Å²) < 4.78 is 0.746. The molecule has 2 rings (SSSR count). The monoisotopic (exact) mass is 330 g/mol. The Labute approximate surface area is 118 Å². The van der Waals surface area contributed by atoms with Crippen LogP contribution in [0.2, 0.25) is 10.0 Å². The second-order valence-corrected chi connectivity index (χ2v) is 5.04. The average Bonchev–Trinajstić information content (AvgIpc) is 2.31. The molecule has 2 aromatic rings. The molecule has 0 spiro atoms. The van der Waals surface area contributed by atoms with Gasteiger partial charge in [-0.25, -0.2) is 9.97 Å². The molecule has 5 heteroatoms. The van der Waals surface area contributed by atoms with E-state index in [0.29, 0.717) is 10.0 Å². The minimum Gasteiger partial charge on any atom is -0.233 e. The predicted molar refractivity (Wildman–Crippen MR) is 74.6 cm³/mol. The lowest BCUT2D eigenvalue weighted by atomic mass is 10.1. The van der Waals surface area contributed by atoms with Gasteiger partial charge in [0.25, 0.3) is 0 Å². The second-order valence-electron chi connectivity index (χ2n) is 3.45. The van der Waals surface area contributed by atoms with Crippen LogP contribution in [0.4, 0.5) is 0 Å². The van der Waals surface area contributed by atoms with Crippen LogP contribution in [0, 0.1) is 0 Å². The van der Waals surface area contributed by atoms with Gasteiger partial charge < -0.3 is 0 Å². The van der Waals surface area contributed by atoms with Gasteiger partial charge >= 0.3 is 0 Å². The van der Waals surface area contributed by atoms with Crippen molar-refractivity contribution < 1.29 is 0 Å². The van der Waals surface area contributed by atoms with Crippen molar-refractivity contribution in [1.82, 2.24) is 9.97 Å². The maximum atomic E-state index is 6.17. The maximum Gasteiger partial charge on any atom is 0.130 e. The first kappa shape index (κ1) is 12.8. The van der Waals surface area contributed by atoms with Crippen LogP contribution in [-0.2, 0) is 6.42 Å². The smallest absolute Gasteiger partial charge is 0.130 e. The molecule has 0 atom stereocenters. The Bertz CT molecular complexity index is 558. The lowest BCUT2D eigenvalue weighted by Crippen LogP contribution is -1.96. The number of hydrogen-bond donors (Lipinski definition) is 0. The molecule has 1 aromatic heterocycles.